The van der Waals surface area contributed by atoms with Crippen LogP contribution in [0.5, 0.6) is 17.2 Å². The minimum absolute atomic E-state index is 0.0432. The van der Waals surface area contributed by atoms with Gasteiger partial charge in [-0.05, 0) is 42.8 Å². The molecule has 0 aromatic heterocycles. The Labute approximate surface area is 175 Å². The molecule has 0 aliphatic carbocycles. The van der Waals surface area contributed by atoms with Crippen molar-refractivity contribution in [3.63, 3.8) is 0 Å². The van der Waals surface area contributed by atoms with Crippen LogP contribution in [0.4, 0.5) is 5.69 Å². The van der Waals surface area contributed by atoms with Crippen molar-refractivity contribution >= 4 is 17.5 Å². The van der Waals surface area contributed by atoms with Gasteiger partial charge >= 0.3 is 0 Å². The Bertz CT molecular complexity index is 912. The minimum atomic E-state index is -0.149. The maximum atomic E-state index is 12.5. The summed E-state index contributed by atoms with van der Waals surface area (Å²) in [6, 6.07) is 12.6. The molecule has 4 rings (SSSR count). The topological polar surface area (TPSA) is 77.1 Å². The third-order valence-corrected chi connectivity index (χ3v) is 5.31. The number of nitrogens with one attached hydrogen (secondary N) is 1. The van der Waals surface area contributed by atoms with Crippen molar-refractivity contribution in [2.75, 3.05) is 31.4 Å². The Kier molecular flexibility index (Phi) is 6.07. The average Bonchev–Trinajstić information content (AvgIpc) is 3.38. The summed E-state index contributed by atoms with van der Waals surface area (Å²) in [5.41, 5.74) is 1.37. The molecule has 2 aromatic carbocycles. The van der Waals surface area contributed by atoms with Gasteiger partial charge in [-0.3, -0.25) is 9.59 Å². The van der Waals surface area contributed by atoms with Crippen molar-refractivity contribution < 1.29 is 23.8 Å². The van der Waals surface area contributed by atoms with Gasteiger partial charge in [0.25, 0.3) is 5.91 Å². The first-order valence-corrected chi connectivity index (χ1v) is 10.3. The van der Waals surface area contributed by atoms with Gasteiger partial charge in [0.2, 0.25) is 12.7 Å². The lowest BCUT2D eigenvalue weighted by Gasteiger charge is -2.17. The van der Waals surface area contributed by atoms with E-state index in [0.29, 0.717) is 43.2 Å². The molecule has 158 valence electrons. The number of rotatable bonds is 8. The molecular formula is C23H26N2O5. The quantitative estimate of drug-likeness (QED) is 0.675. The second-order valence-electron chi connectivity index (χ2n) is 7.55. The van der Waals surface area contributed by atoms with Crippen LogP contribution in [0, 0.1) is 5.92 Å². The highest BCUT2D eigenvalue weighted by atomic mass is 16.7. The predicted octanol–water partition coefficient (Wildman–Crippen LogP) is 3.38. The number of hydrogen-bond donors (Lipinski definition) is 1. The molecule has 0 spiro atoms. The number of carbonyl (C=O) groups is 2. The van der Waals surface area contributed by atoms with E-state index in [-0.39, 0.29) is 24.5 Å². The van der Waals surface area contributed by atoms with E-state index >= 15 is 0 Å². The SMILES string of the molecule is CCCCOc1ccc(C(=O)NCC2CC(=O)N(c3ccc4c(c3)OCO4)C2)cc1. The molecule has 7 heteroatoms. The maximum absolute atomic E-state index is 12.5. The highest BCUT2D eigenvalue weighted by Gasteiger charge is 2.31. The number of hydrogen-bond acceptors (Lipinski definition) is 5. The molecule has 2 aromatic rings. The number of anilines is 1. The van der Waals surface area contributed by atoms with Gasteiger partial charge < -0.3 is 24.4 Å². The van der Waals surface area contributed by atoms with Crippen molar-refractivity contribution in [1.82, 2.24) is 5.32 Å². The van der Waals surface area contributed by atoms with E-state index in [9.17, 15) is 9.59 Å². The molecule has 7 nitrogen and oxygen atoms in total. The molecule has 1 saturated heterocycles. The van der Waals surface area contributed by atoms with Gasteiger partial charge in [0, 0.05) is 42.7 Å². The number of benzene rings is 2. The zero-order valence-corrected chi connectivity index (χ0v) is 17.1. The highest BCUT2D eigenvalue weighted by molar-refractivity contribution is 5.97. The monoisotopic (exact) mass is 410 g/mol. The van der Waals surface area contributed by atoms with Crippen LogP contribution < -0.4 is 24.4 Å². The van der Waals surface area contributed by atoms with Gasteiger partial charge in [-0.1, -0.05) is 13.3 Å². The number of ether oxygens (including phenoxy) is 3. The Morgan fingerprint density at radius 2 is 1.97 bits per heavy atom. The fourth-order valence-corrected chi connectivity index (χ4v) is 3.60. The number of amides is 2. The van der Waals surface area contributed by atoms with Gasteiger partial charge in [0.05, 0.1) is 6.61 Å². The first kappa shape index (κ1) is 20.1. The second-order valence-corrected chi connectivity index (χ2v) is 7.55. The van der Waals surface area contributed by atoms with E-state index in [2.05, 4.69) is 12.2 Å². The fourth-order valence-electron chi connectivity index (χ4n) is 3.60. The predicted molar refractivity (Wildman–Crippen MR) is 112 cm³/mol. The summed E-state index contributed by atoms with van der Waals surface area (Å²) in [4.78, 5) is 26.7. The number of unbranched alkanes of at least 4 members (excludes halogenated alkanes) is 1. The van der Waals surface area contributed by atoms with Crippen molar-refractivity contribution in [2.45, 2.75) is 26.2 Å². The largest absolute Gasteiger partial charge is 0.494 e. The van der Waals surface area contributed by atoms with E-state index in [1.54, 1.807) is 17.0 Å². The average molecular weight is 410 g/mol. The number of nitrogens with zero attached hydrogens (tertiary/aromatic N) is 1. The van der Waals surface area contributed by atoms with E-state index in [1.807, 2.05) is 30.3 Å². The molecule has 0 radical (unpaired) electrons. The van der Waals surface area contributed by atoms with Crippen LogP contribution in [0.15, 0.2) is 42.5 Å². The first-order chi connectivity index (χ1) is 14.6. The summed E-state index contributed by atoms with van der Waals surface area (Å²) in [5.74, 6) is 2.06. The molecule has 1 N–H and O–H groups in total. The normalized spacial score (nSPS) is 17.3. The van der Waals surface area contributed by atoms with Crippen LogP contribution in [0.2, 0.25) is 0 Å². The third kappa shape index (κ3) is 4.50. The molecule has 2 aliphatic heterocycles. The van der Waals surface area contributed by atoms with Gasteiger partial charge in [0.1, 0.15) is 5.75 Å². The van der Waals surface area contributed by atoms with Gasteiger partial charge in [-0.25, -0.2) is 0 Å². The van der Waals surface area contributed by atoms with E-state index in [0.717, 1.165) is 24.3 Å². The molecule has 30 heavy (non-hydrogen) atoms. The lowest BCUT2D eigenvalue weighted by Crippen LogP contribution is -2.31. The van der Waals surface area contributed by atoms with Gasteiger partial charge in [-0.15, -0.1) is 0 Å². The Balaban J connectivity index is 1.29. The summed E-state index contributed by atoms with van der Waals surface area (Å²) in [7, 11) is 0. The Morgan fingerprint density at radius 1 is 1.17 bits per heavy atom. The number of fused-ring (bicyclic) bond motifs is 1. The summed E-state index contributed by atoms with van der Waals surface area (Å²) in [6.07, 6.45) is 2.49. The van der Waals surface area contributed by atoms with Gasteiger partial charge in [0.15, 0.2) is 11.5 Å². The molecule has 1 unspecified atom stereocenters. The lowest BCUT2D eigenvalue weighted by atomic mass is 10.1. The Morgan fingerprint density at radius 3 is 2.77 bits per heavy atom. The van der Waals surface area contributed by atoms with Crippen LogP contribution in [0.25, 0.3) is 0 Å². The first-order valence-electron chi connectivity index (χ1n) is 10.3. The summed E-state index contributed by atoms with van der Waals surface area (Å²) in [6.45, 7) is 4.00. The van der Waals surface area contributed by atoms with Crippen LogP contribution in [-0.2, 0) is 4.79 Å². The van der Waals surface area contributed by atoms with E-state index in [4.69, 9.17) is 14.2 Å². The standard InChI is InChI=1S/C23H26N2O5/c1-2-3-10-28-19-7-4-17(5-8-19)23(27)24-13-16-11-22(26)25(14-16)18-6-9-20-21(12-18)30-15-29-20/h4-9,12,16H,2-3,10-11,13-15H2,1H3,(H,24,27). The zero-order chi connectivity index (χ0) is 20.9. The van der Waals surface area contributed by atoms with Crippen LogP contribution in [0.3, 0.4) is 0 Å². The highest BCUT2D eigenvalue weighted by Crippen LogP contribution is 2.37. The van der Waals surface area contributed by atoms with E-state index in [1.165, 1.54) is 0 Å². The molecule has 1 fully saturated rings. The van der Waals surface area contributed by atoms with Crippen LogP contribution in [0.1, 0.15) is 36.5 Å². The molecule has 1 atom stereocenters. The van der Waals surface area contributed by atoms with Gasteiger partial charge in [-0.2, -0.15) is 0 Å². The molecule has 0 saturated carbocycles. The molecule has 2 amide bonds. The molecule has 0 bridgehead atoms. The lowest BCUT2D eigenvalue weighted by molar-refractivity contribution is -0.117. The van der Waals surface area contributed by atoms with Crippen molar-refractivity contribution in [1.29, 1.82) is 0 Å². The third-order valence-electron chi connectivity index (χ3n) is 5.31. The van der Waals surface area contributed by atoms with E-state index < -0.39 is 0 Å². The molecule has 2 aliphatic rings. The smallest absolute Gasteiger partial charge is 0.251 e. The Hall–Kier alpha value is -3.22. The second kappa shape index (κ2) is 9.07. The van der Waals surface area contributed by atoms with Crippen molar-refractivity contribution in [3.8, 4) is 17.2 Å². The molecular weight excluding hydrogens is 384 g/mol. The zero-order valence-electron chi connectivity index (χ0n) is 17.1. The minimum Gasteiger partial charge on any atom is -0.494 e. The van der Waals surface area contributed by atoms with Crippen molar-refractivity contribution in [3.05, 3.63) is 48.0 Å². The summed E-state index contributed by atoms with van der Waals surface area (Å²) in [5, 5.41) is 2.94. The molecule has 2 heterocycles. The summed E-state index contributed by atoms with van der Waals surface area (Å²) < 4.78 is 16.3. The van der Waals surface area contributed by atoms with Crippen molar-refractivity contribution in [2.24, 2.45) is 5.92 Å². The summed E-state index contributed by atoms with van der Waals surface area (Å²) >= 11 is 0. The number of carbonyl (C=O) groups excluding carboxylic acids is 2. The van der Waals surface area contributed by atoms with Crippen LogP contribution in [-0.4, -0.2) is 38.3 Å². The van der Waals surface area contributed by atoms with Crippen LogP contribution >= 0.6 is 0 Å². The maximum Gasteiger partial charge on any atom is 0.251 e. The fraction of sp³-hybridized carbons (Fsp3) is 0.391.